The van der Waals surface area contributed by atoms with Crippen LogP contribution in [-0.4, -0.2) is 40.6 Å². The molecule has 3 N–H and O–H groups in total. The van der Waals surface area contributed by atoms with Gasteiger partial charge in [0.15, 0.2) is 0 Å². The monoisotopic (exact) mass is 353 g/mol. The van der Waals surface area contributed by atoms with Gasteiger partial charge in [-0.25, -0.2) is 0 Å². The lowest BCUT2D eigenvalue weighted by Crippen LogP contribution is -2.52. The Labute approximate surface area is 152 Å². The van der Waals surface area contributed by atoms with Crippen LogP contribution in [0.4, 0.5) is 0 Å². The molecule has 0 aliphatic heterocycles. The second-order valence-corrected chi connectivity index (χ2v) is 7.37. The number of nitrogens with zero attached hydrogens (tertiary/aromatic N) is 1. The zero-order valence-electron chi connectivity index (χ0n) is 14.5. The molecule has 2 fully saturated rings. The molecule has 0 saturated heterocycles. The van der Waals surface area contributed by atoms with Gasteiger partial charge < -0.3 is 15.7 Å². The maximum absolute atomic E-state index is 12.7. The molecule has 4 atom stereocenters. The van der Waals surface area contributed by atoms with E-state index >= 15 is 0 Å². The molecule has 4 rings (SSSR count). The molecule has 0 radical (unpaired) electrons. The molecule has 2 bridgehead atoms. The highest BCUT2D eigenvalue weighted by molar-refractivity contribution is 6.07. The first-order valence-corrected chi connectivity index (χ1v) is 9.21. The summed E-state index contributed by atoms with van der Waals surface area (Å²) in [5, 5.41) is 16.0. The van der Waals surface area contributed by atoms with Crippen LogP contribution in [0, 0.1) is 11.8 Å². The maximum Gasteiger partial charge on any atom is 0.252 e. The molecule has 6 nitrogen and oxygen atoms in total. The fourth-order valence-corrected chi connectivity index (χ4v) is 4.43. The predicted molar refractivity (Wildman–Crippen MR) is 97.5 cm³/mol. The zero-order valence-corrected chi connectivity index (χ0v) is 14.5. The van der Waals surface area contributed by atoms with Gasteiger partial charge in [0.05, 0.1) is 17.7 Å². The molecule has 2 amide bonds. The van der Waals surface area contributed by atoms with Gasteiger partial charge >= 0.3 is 0 Å². The average Bonchev–Trinajstić information content (AvgIpc) is 3.28. The van der Waals surface area contributed by atoms with E-state index in [1.54, 1.807) is 12.3 Å². The molecule has 1 aromatic carbocycles. The van der Waals surface area contributed by atoms with Gasteiger partial charge in [0.2, 0.25) is 5.91 Å². The summed E-state index contributed by atoms with van der Waals surface area (Å²) in [7, 11) is 0. The van der Waals surface area contributed by atoms with Gasteiger partial charge in [-0.15, -0.1) is 0 Å². The number of aliphatic hydroxyl groups is 1. The summed E-state index contributed by atoms with van der Waals surface area (Å²) in [4.78, 5) is 29.4. The fourth-order valence-electron chi connectivity index (χ4n) is 4.43. The molecular formula is C20H23N3O3. The van der Waals surface area contributed by atoms with E-state index < -0.39 is 12.6 Å². The smallest absolute Gasteiger partial charge is 0.252 e. The van der Waals surface area contributed by atoms with Crippen molar-refractivity contribution in [3.05, 3.63) is 42.1 Å². The first-order valence-electron chi connectivity index (χ1n) is 9.21. The Balaban J connectivity index is 1.45. The summed E-state index contributed by atoms with van der Waals surface area (Å²) in [5.74, 6) is 0.571. The number of nitrogens with one attached hydrogen (secondary N) is 2. The molecule has 1 aromatic heterocycles. The first-order chi connectivity index (χ1) is 12.7. The Morgan fingerprint density at radius 2 is 2.04 bits per heavy atom. The number of pyridine rings is 1. The largest absolute Gasteiger partial charge is 0.394 e. The standard InChI is InChI=1S/C20H23N3O3/c24-11-18(20(26)22-17-10-12-5-6-13(17)9-12)23-19(25)15-7-8-21-16-4-2-1-3-14(15)16/h1-4,7-8,12-13,17-18,24H,5-6,9-11H2,(H,22,26)(H,23,25). The second kappa shape index (κ2) is 7.03. The van der Waals surface area contributed by atoms with Gasteiger partial charge in [-0.05, 0) is 43.2 Å². The lowest BCUT2D eigenvalue weighted by Gasteiger charge is -2.25. The molecule has 26 heavy (non-hydrogen) atoms. The van der Waals surface area contributed by atoms with Crippen molar-refractivity contribution in [2.75, 3.05) is 6.61 Å². The molecule has 6 heteroatoms. The van der Waals surface area contributed by atoms with Crippen LogP contribution < -0.4 is 10.6 Å². The summed E-state index contributed by atoms with van der Waals surface area (Å²) in [6.45, 7) is -0.429. The predicted octanol–water partition coefficient (Wildman–Crippen LogP) is 1.63. The molecule has 1 heterocycles. The second-order valence-electron chi connectivity index (χ2n) is 7.37. The third kappa shape index (κ3) is 3.17. The van der Waals surface area contributed by atoms with Gasteiger partial charge in [0.1, 0.15) is 6.04 Å². The van der Waals surface area contributed by atoms with Crippen molar-refractivity contribution in [3.63, 3.8) is 0 Å². The van der Waals surface area contributed by atoms with Crippen LogP contribution in [0.1, 0.15) is 36.0 Å². The van der Waals surface area contributed by atoms with Crippen molar-refractivity contribution in [2.24, 2.45) is 11.8 Å². The molecule has 136 valence electrons. The van der Waals surface area contributed by atoms with Crippen LogP contribution in [0.5, 0.6) is 0 Å². The summed E-state index contributed by atoms with van der Waals surface area (Å²) in [5.41, 5.74) is 1.16. The normalized spacial score (nSPS) is 25.2. The number of rotatable bonds is 5. The molecule has 2 aliphatic rings. The highest BCUT2D eigenvalue weighted by Crippen LogP contribution is 2.44. The van der Waals surface area contributed by atoms with Crippen LogP contribution in [0.15, 0.2) is 36.5 Å². The Morgan fingerprint density at radius 1 is 1.19 bits per heavy atom. The van der Waals surface area contributed by atoms with Gasteiger partial charge in [-0.1, -0.05) is 24.6 Å². The maximum atomic E-state index is 12.7. The third-order valence-electron chi connectivity index (χ3n) is 5.76. The van der Waals surface area contributed by atoms with E-state index in [2.05, 4.69) is 15.6 Å². The van der Waals surface area contributed by atoms with Crippen molar-refractivity contribution < 1.29 is 14.7 Å². The van der Waals surface area contributed by atoms with E-state index in [-0.39, 0.29) is 17.9 Å². The van der Waals surface area contributed by atoms with Crippen molar-refractivity contribution in [3.8, 4) is 0 Å². The number of hydrogen-bond acceptors (Lipinski definition) is 4. The number of fused-ring (bicyclic) bond motifs is 3. The fraction of sp³-hybridized carbons (Fsp3) is 0.450. The van der Waals surface area contributed by atoms with Crippen LogP contribution in [0.25, 0.3) is 10.9 Å². The minimum Gasteiger partial charge on any atom is -0.394 e. The van der Waals surface area contributed by atoms with E-state index in [0.717, 1.165) is 24.1 Å². The zero-order chi connectivity index (χ0) is 18.1. The third-order valence-corrected chi connectivity index (χ3v) is 5.76. The van der Waals surface area contributed by atoms with Crippen molar-refractivity contribution in [1.29, 1.82) is 0 Å². The Morgan fingerprint density at radius 3 is 2.77 bits per heavy atom. The molecule has 4 unspecified atom stereocenters. The minimum absolute atomic E-state index is 0.175. The lowest BCUT2D eigenvalue weighted by atomic mass is 9.95. The number of hydrogen-bond donors (Lipinski definition) is 3. The Kier molecular flexibility index (Phi) is 4.59. The molecule has 2 aliphatic carbocycles. The number of carbonyl (C=O) groups is 2. The number of benzene rings is 1. The molecule has 2 saturated carbocycles. The van der Waals surface area contributed by atoms with E-state index in [4.69, 9.17) is 0 Å². The van der Waals surface area contributed by atoms with Crippen LogP contribution >= 0.6 is 0 Å². The minimum atomic E-state index is -0.950. The van der Waals surface area contributed by atoms with E-state index in [0.29, 0.717) is 17.0 Å². The van der Waals surface area contributed by atoms with Crippen molar-refractivity contribution in [2.45, 2.75) is 37.8 Å². The van der Waals surface area contributed by atoms with Gasteiger partial charge in [0.25, 0.3) is 5.91 Å². The number of carbonyl (C=O) groups excluding carboxylic acids is 2. The van der Waals surface area contributed by atoms with Crippen LogP contribution in [0.3, 0.4) is 0 Å². The van der Waals surface area contributed by atoms with Gasteiger partial charge in [-0.3, -0.25) is 14.6 Å². The SMILES string of the molecule is O=C(NC(CO)C(=O)NC1CC2CCC1C2)c1ccnc2ccccc12. The number of para-hydroxylation sites is 1. The highest BCUT2D eigenvalue weighted by atomic mass is 16.3. The molecule has 2 aromatic rings. The van der Waals surface area contributed by atoms with Crippen LogP contribution in [0.2, 0.25) is 0 Å². The summed E-state index contributed by atoms with van der Waals surface area (Å²) in [6.07, 6.45) is 6.18. The summed E-state index contributed by atoms with van der Waals surface area (Å²) < 4.78 is 0. The topological polar surface area (TPSA) is 91.3 Å². The Hall–Kier alpha value is -2.47. The molecular weight excluding hydrogens is 330 g/mol. The number of aliphatic hydroxyl groups excluding tert-OH is 1. The number of amides is 2. The highest BCUT2D eigenvalue weighted by Gasteiger charge is 2.40. The first kappa shape index (κ1) is 17.0. The van der Waals surface area contributed by atoms with Crippen molar-refractivity contribution in [1.82, 2.24) is 15.6 Å². The number of aromatic nitrogens is 1. The van der Waals surface area contributed by atoms with Gasteiger partial charge in [0, 0.05) is 17.6 Å². The quantitative estimate of drug-likeness (QED) is 0.762. The van der Waals surface area contributed by atoms with Gasteiger partial charge in [-0.2, -0.15) is 0 Å². The summed E-state index contributed by atoms with van der Waals surface area (Å²) >= 11 is 0. The van der Waals surface area contributed by atoms with Crippen molar-refractivity contribution >= 4 is 22.7 Å². The van der Waals surface area contributed by atoms with E-state index in [1.165, 1.54) is 12.8 Å². The molecule has 0 spiro atoms. The lowest BCUT2D eigenvalue weighted by molar-refractivity contribution is -0.124. The average molecular weight is 353 g/mol. The Bertz CT molecular complexity index is 833. The van der Waals surface area contributed by atoms with E-state index in [9.17, 15) is 14.7 Å². The van der Waals surface area contributed by atoms with Crippen LogP contribution in [-0.2, 0) is 4.79 Å². The van der Waals surface area contributed by atoms with E-state index in [1.807, 2.05) is 24.3 Å². The summed E-state index contributed by atoms with van der Waals surface area (Å²) in [6, 6.07) is 8.20.